The van der Waals surface area contributed by atoms with Crippen molar-refractivity contribution in [3.63, 3.8) is 0 Å². The number of hydrogen-bond donors (Lipinski definition) is 3. The minimum atomic E-state index is -0.453. The number of carbonyl (C=O) groups excluding carboxylic acids is 2. The molecule has 0 unspecified atom stereocenters. The van der Waals surface area contributed by atoms with Gasteiger partial charge in [-0.2, -0.15) is 0 Å². The normalized spacial score (nSPS) is 11.7. The Morgan fingerprint density at radius 2 is 1.76 bits per heavy atom. The zero-order chi connectivity index (χ0) is 16.0. The highest BCUT2D eigenvalue weighted by molar-refractivity contribution is 5.96. The van der Waals surface area contributed by atoms with E-state index < -0.39 is 5.91 Å². The Morgan fingerprint density at radius 1 is 1.19 bits per heavy atom. The van der Waals surface area contributed by atoms with Crippen LogP contribution < -0.4 is 16.4 Å². The predicted molar refractivity (Wildman–Crippen MR) is 83.2 cm³/mol. The van der Waals surface area contributed by atoms with Crippen molar-refractivity contribution >= 4 is 11.8 Å². The SMILES string of the molecule is C=CNC(=O)/C=C(\N)NC(=O)c1ccc(C(C)(C)C)cc1. The topological polar surface area (TPSA) is 84.2 Å². The highest BCUT2D eigenvalue weighted by Gasteiger charge is 2.14. The molecule has 2 amide bonds. The lowest BCUT2D eigenvalue weighted by atomic mass is 9.87. The Bertz CT molecular complexity index is 566. The van der Waals surface area contributed by atoms with Gasteiger partial charge >= 0.3 is 0 Å². The van der Waals surface area contributed by atoms with Gasteiger partial charge in [0.25, 0.3) is 11.8 Å². The van der Waals surface area contributed by atoms with E-state index in [0.717, 1.165) is 11.6 Å². The van der Waals surface area contributed by atoms with Crippen molar-refractivity contribution in [3.8, 4) is 0 Å². The summed E-state index contributed by atoms with van der Waals surface area (Å²) in [6.45, 7) is 9.65. The van der Waals surface area contributed by atoms with Gasteiger partial charge in [0.2, 0.25) is 0 Å². The van der Waals surface area contributed by atoms with E-state index in [0.29, 0.717) is 5.56 Å². The van der Waals surface area contributed by atoms with Crippen molar-refractivity contribution < 1.29 is 9.59 Å². The minimum absolute atomic E-state index is 0.0245. The second-order valence-electron chi connectivity index (χ2n) is 5.59. The molecule has 0 saturated heterocycles. The summed E-state index contributed by atoms with van der Waals surface area (Å²) in [6, 6.07) is 7.26. The number of amides is 2. The molecule has 0 aromatic heterocycles. The fourth-order valence-electron chi connectivity index (χ4n) is 1.64. The van der Waals surface area contributed by atoms with Gasteiger partial charge in [-0.1, -0.05) is 39.5 Å². The molecule has 0 aliphatic carbocycles. The Kier molecular flexibility index (Phi) is 5.30. The number of hydrogen-bond acceptors (Lipinski definition) is 3. The number of rotatable bonds is 4. The maximum absolute atomic E-state index is 12.0. The smallest absolute Gasteiger partial charge is 0.256 e. The van der Waals surface area contributed by atoms with Gasteiger partial charge in [-0.3, -0.25) is 9.59 Å². The summed E-state index contributed by atoms with van der Waals surface area (Å²) in [5, 5.41) is 4.78. The summed E-state index contributed by atoms with van der Waals surface area (Å²) in [6.07, 6.45) is 2.32. The summed E-state index contributed by atoms with van der Waals surface area (Å²) in [5.74, 6) is -0.847. The first-order valence-corrected chi connectivity index (χ1v) is 6.54. The zero-order valence-corrected chi connectivity index (χ0v) is 12.6. The molecule has 5 nitrogen and oxygen atoms in total. The van der Waals surface area contributed by atoms with Crippen LogP contribution in [-0.2, 0) is 10.2 Å². The van der Waals surface area contributed by atoms with Gasteiger partial charge in [-0.05, 0) is 29.3 Å². The second kappa shape index (κ2) is 6.74. The van der Waals surface area contributed by atoms with Gasteiger partial charge in [0.15, 0.2) is 0 Å². The molecule has 21 heavy (non-hydrogen) atoms. The van der Waals surface area contributed by atoms with Crippen LogP contribution in [-0.4, -0.2) is 11.8 Å². The molecule has 0 radical (unpaired) electrons. The molecule has 1 rings (SSSR count). The third-order valence-corrected chi connectivity index (χ3v) is 2.80. The zero-order valence-electron chi connectivity index (χ0n) is 12.6. The van der Waals surface area contributed by atoms with E-state index in [1.165, 1.54) is 6.20 Å². The van der Waals surface area contributed by atoms with Gasteiger partial charge in [0.05, 0.1) is 0 Å². The maximum Gasteiger partial charge on any atom is 0.256 e. The van der Waals surface area contributed by atoms with Crippen LogP contribution in [0.2, 0.25) is 0 Å². The van der Waals surface area contributed by atoms with Crippen LogP contribution >= 0.6 is 0 Å². The Morgan fingerprint density at radius 3 is 2.24 bits per heavy atom. The van der Waals surface area contributed by atoms with E-state index in [1.807, 2.05) is 12.1 Å². The van der Waals surface area contributed by atoms with E-state index in [-0.39, 0.29) is 17.1 Å². The third kappa shape index (κ3) is 5.14. The summed E-state index contributed by atoms with van der Waals surface area (Å²) >= 11 is 0. The molecule has 4 N–H and O–H groups in total. The minimum Gasteiger partial charge on any atom is -0.385 e. The number of carbonyl (C=O) groups is 2. The summed E-state index contributed by atoms with van der Waals surface area (Å²) in [4.78, 5) is 23.2. The van der Waals surface area contributed by atoms with Gasteiger partial charge in [0, 0.05) is 11.6 Å². The fourth-order valence-corrected chi connectivity index (χ4v) is 1.64. The van der Waals surface area contributed by atoms with Crippen LogP contribution in [0.15, 0.2) is 48.9 Å². The molecule has 0 heterocycles. The first kappa shape index (κ1) is 16.5. The molecule has 1 aromatic rings. The molecule has 0 atom stereocenters. The van der Waals surface area contributed by atoms with E-state index in [1.54, 1.807) is 12.1 Å². The quantitative estimate of drug-likeness (QED) is 0.738. The number of benzene rings is 1. The molecular formula is C16H21N3O2. The first-order valence-electron chi connectivity index (χ1n) is 6.54. The van der Waals surface area contributed by atoms with E-state index in [4.69, 9.17) is 5.73 Å². The van der Waals surface area contributed by atoms with Crippen LogP contribution in [0.1, 0.15) is 36.7 Å². The van der Waals surface area contributed by atoms with Gasteiger partial charge < -0.3 is 16.4 Å². The number of nitrogens with one attached hydrogen (secondary N) is 2. The molecule has 1 aromatic carbocycles. The summed E-state index contributed by atoms with van der Waals surface area (Å²) < 4.78 is 0. The average molecular weight is 287 g/mol. The molecule has 0 bridgehead atoms. The molecule has 112 valence electrons. The van der Waals surface area contributed by atoms with Crippen LogP contribution in [0.4, 0.5) is 0 Å². The summed E-state index contributed by atoms with van der Waals surface area (Å²) in [7, 11) is 0. The standard InChI is InChI=1S/C16H21N3O2/c1-5-18-14(20)10-13(17)19-15(21)11-6-8-12(9-7-11)16(2,3)4/h5-10H,1,17H2,2-4H3,(H,18,20)(H,19,21)/b13-10+. The van der Waals surface area contributed by atoms with Crippen molar-refractivity contribution in [3.05, 3.63) is 60.1 Å². The van der Waals surface area contributed by atoms with E-state index in [9.17, 15) is 9.59 Å². The van der Waals surface area contributed by atoms with E-state index in [2.05, 4.69) is 38.0 Å². The Labute approximate surface area is 124 Å². The molecule has 0 spiro atoms. The lowest BCUT2D eigenvalue weighted by Gasteiger charge is -2.19. The lowest BCUT2D eigenvalue weighted by Crippen LogP contribution is -2.29. The average Bonchev–Trinajstić information content (AvgIpc) is 2.37. The van der Waals surface area contributed by atoms with Crippen molar-refractivity contribution in [2.45, 2.75) is 26.2 Å². The van der Waals surface area contributed by atoms with Gasteiger partial charge in [-0.15, -0.1) is 0 Å². The fraction of sp³-hybridized carbons (Fsp3) is 0.250. The van der Waals surface area contributed by atoms with Crippen molar-refractivity contribution in [1.82, 2.24) is 10.6 Å². The van der Waals surface area contributed by atoms with Crippen LogP contribution in [0, 0.1) is 0 Å². The summed E-state index contributed by atoms with van der Waals surface area (Å²) in [5.41, 5.74) is 7.21. The highest BCUT2D eigenvalue weighted by Crippen LogP contribution is 2.22. The van der Waals surface area contributed by atoms with Crippen LogP contribution in [0.5, 0.6) is 0 Å². The second-order valence-corrected chi connectivity index (χ2v) is 5.59. The number of nitrogens with two attached hydrogens (primary N) is 1. The van der Waals surface area contributed by atoms with E-state index >= 15 is 0 Å². The molecule has 5 heteroatoms. The lowest BCUT2D eigenvalue weighted by molar-refractivity contribution is -0.115. The molecule has 0 saturated carbocycles. The molecule has 0 aliphatic rings. The van der Waals surface area contributed by atoms with Gasteiger partial charge in [0.1, 0.15) is 5.82 Å². The largest absolute Gasteiger partial charge is 0.385 e. The highest BCUT2D eigenvalue weighted by atomic mass is 16.2. The first-order chi connectivity index (χ1) is 9.74. The maximum atomic E-state index is 12.0. The third-order valence-electron chi connectivity index (χ3n) is 2.80. The Hall–Kier alpha value is -2.56. The Balaban J connectivity index is 2.76. The molecular weight excluding hydrogens is 266 g/mol. The molecule has 0 aliphatic heterocycles. The van der Waals surface area contributed by atoms with Gasteiger partial charge in [-0.25, -0.2) is 0 Å². The van der Waals surface area contributed by atoms with Crippen LogP contribution in [0.25, 0.3) is 0 Å². The van der Waals surface area contributed by atoms with Crippen molar-refractivity contribution in [2.75, 3.05) is 0 Å². The van der Waals surface area contributed by atoms with Crippen molar-refractivity contribution in [1.29, 1.82) is 0 Å². The predicted octanol–water partition coefficient (Wildman–Crippen LogP) is 1.77. The molecule has 0 fully saturated rings. The monoisotopic (exact) mass is 287 g/mol. The van der Waals surface area contributed by atoms with Crippen molar-refractivity contribution in [2.24, 2.45) is 5.73 Å². The van der Waals surface area contributed by atoms with Crippen LogP contribution in [0.3, 0.4) is 0 Å².